The first-order valence-electron chi connectivity index (χ1n) is 7.94. The number of rotatable bonds is 5. The molecule has 2 heterocycles. The van der Waals surface area contributed by atoms with E-state index in [1.165, 1.54) is 0 Å². The quantitative estimate of drug-likeness (QED) is 0.449. The second-order valence-electron chi connectivity index (χ2n) is 6.22. The monoisotopic (exact) mass is 367 g/mol. The van der Waals surface area contributed by atoms with Crippen molar-refractivity contribution in [2.24, 2.45) is 5.92 Å². The van der Waals surface area contributed by atoms with E-state index in [0.717, 1.165) is 18.0 Å². The first-order valence-corrected chi connectivity index (χ1v) is 10.2. The lowest BCUT2D eigenvalue weighted by atomic mass is 9.97. The molecule has 2 aliphatic rings. The lowest BCUT2D eigenvalue weighted by molar-refractivity contribution is -0.897. The van der Waals surface area contributed by atoms with Crippen LogP contribution in [0.2, 0.25) is 0 Å². The van der Waals surface area contributed by atoms with Gasteiger partial charge in [-0.2, -0.15) is 0 Å². The third-order valence-electron chi connectivity index (χ3n) is 4.35. The number of piperidine rings is 1. The second kappa shape index (κ2) is 7.81. The number of esters is 1. The van der Waals surface area contributed by atoms with E-state index in [9.17, 15) is 18.0 Å². The summed E-state index contributed by atoms with van der Waals surface area (Å²) in [4.78, 5) is 24.8. The van der Waals surface area contributed by atoms with Gasteiger partial charge >= 0.3 is 5.97 Å². The third-order valence-corrected chi connectivity index (χ3v) is 6.73. The summed E-state index contributed by atoms with van der Waals surface area (Å²) in [5, 5.41) is 2.16. The first kappa shape index (κ1) is 18.5. The Morgan fingerprint density at radius 3 is 2.43 bits per heavy atom. The number of carbonyl (C=O) groups is 2. The van der Waals surface area contributed by atoms with Gasteiger partial charge in [-0.15, -0.1) is 11.6 Å². The fourth-order valence-corrected chi connectivity index (χ4v) is 5.67. The van der Waals surface area contributed by atoms with Crippen LogP contribution in [0.5, 0.6) is 0 Å². The zero-order valence-electron chi connectivity index (χ0n) is 13.2. The molecule has 2 atom stereocenters. The van der Waals surface area contributed by atoms with E-state index in [-0.39, 0.29) is 35.8 Å². The molecule has 0 unspecified atom stereocenters. The fraction of sp³-hybridized carbons (Fsp3) is 0.857. The van der Waals surface area contributed by atoms with Crippen molar-refractivity contribution in [3.05, 3.63) is 0 Å². The molecule has 0 aromatic heterocycles. The maximum Gasteiger partial charge on any atom is 0.309 e. The van der Waals surface area contributed by atoms with Gasteiger partial charge in [0, 0.05) is 12.8 Å². The lowest BCUT2D eigenvalue weighted by Gasteiger charge is -2.28. The number of likely N-dealkylation sites (tertiary alicyclic amines) is 1. The van der Waals surface area contributed by atoms with Crippen molar-refractivity contribution in [2.45, 2.75) is 31.2 Å². The molecular formula is C14H24ClN2O5S+. The van der Waals surface area contributed by atoms with Gasteiger partial charge in [0.1, 0.15) is 0 Å². The molecule has 0 bridgehead atoms. The van der Waals surface area contributed by atoms with E-state index in [2.05, 4.69) is 5.32 Å². The average Bonchev–Trinajstić information content (AvgIpc) is 2.72. The van der Waals surface area contributed by atoms with Crippen LogP contribution in [-0.4, -0.2) is 69.5 Å². The van der Waals surface area contributed by atoms with Crippen LogP contribution in [0.15, 0.2) is 0 Å². The van der Waals surface area contributed by atoms with Gasteiger partial charge in [-0.05, 0) is 6.92 Å². The molecule has 0 aromatic rings. The van der Waals surface area contributed by atoms with E-state index < -0.39 is 21.3 Å². The molecule has 9 heteroatoms. The predicted octanol–water partition coefficient (Wildman–Crippen LogP) is -1.63. The summed E-state index contributed by atoms with van der Waals surface area (Å²) >= 11 is 5.98. The second-order valence-corrected chi connectivity index (χ2v) is 8.93. The van der Waals surface area contributed by atoms with Crippen molar-refractivity contribution in [2.75, 3.05) is 37.7 Å². The van der Waals surface area contributed by atoms with Crippen LogP contribution in [0, 0.1) is 5.92 Å². The zero-order valence-corrected chi connectivity index (χ0v) is 14.8. The van der Waals surface area contributed by atoms with Gasteiger partial charge < -0.3 is 15.0 Å². The minimum absolute atomic E-state index is 0.0750. The van der Waals surface area contributed by atoms with Crippen LogP contribution >= 0.6 is 11.6 Å². The van der Waals surface area contributed by atoms with E-state index in [4.69, 9.17) is 16.3 Å². The third kappa shape index (κ3) is 5.32. The molecule has 0 saturated carbocycles. The summed E-state index contributed by atoms with van der Waals surface area (Å²) in [5.74, 6) is -0.599. The molecule has 2 N–H and O–H groups in total. The Hall–Kier alpha value is -0.860. The number of nitrogens with one attached hydrogen (secondary N) is 2. The Kier molecular flexibility index (Phi) is 6.27. The Bertz CT molecular complexity index is 545. The summed E-state index contributed by atoms with van der Waals surface area (Å²) in [6.45, 7) is 3.90. The van der Waals surface area contributed by atoms with Crippen LogP contribution in [-0.2, 0) is 24.2 Å². The number of halogens is 1. The van der Waals surface area contributed by atoms with Crippen LogP contribution in [0.1, 0.15) is 19.8 Å². The number of quaternary nitrogens is 1. The molecule has 0 radical (unpaired) electrons. The predicted molar refractivity (Wildman–Crippen MR) is 85.1 cm³/mol. The summed E-state index contributed by atoms with van der Waals surface area (Å²) in [7, 11) is -3.15. The van der Waals surface area contributed by atoms with Crippen LogP contribution in [0.3, 0.4) is 0 Å². The van der Waals surface area contributed by atoms with Crippen molar-refractivity contribution in [3.8, 4) is 0 Å². The van der Waals surface area contributed by atoms with Gasteiger partial charge in [0.2, 0.25) is 0 Å². The number of sulfone groups is 1. The van der Waals surface area contributed by atoms with Gasteiger partial charge in [-0.25, -0.2) is 8.42 Å². The highest BCUT2D eigenvalue weighted by molar-refractivity contribution is 7.91. The highest BCUT2D eigenvalue weighted by atomic mass is 35.5. The molecule has 2 aliphatic heterocycles. The molecule has 0 aromatic carbocycles. The van der Waals surface area contributed by atoms with Crippen molar-refractivity contribution < 1.29 is 27.6 Å². The summed E-state index contributed by atoms with van der Waals surface area (Å²) < 4.78 is 28.0. The van der Waals surface area contributed by atoms with Gasteiger partial charge in [-0.3, -0.25) is 9.59 Å². The number of hydrogen-bond acceptors (Lipinski definition) is 5. The molecule has 2 rings (SSSR count). The van der Waals surface area contributed by atoms with E-state index in [0.29, 0.717) is 19.4 Å². The van der Waals surface area contributed by atoms with Crippen LogP contribution in [0.4, 0.5) is 0 Å². The van der Waals surface area contributed by atoms with Crippen molar-refractivity contribution in [3.63, 3.8) is 0 Å². The maximum atomic E-state index is 12.1. The number of carbonyl (C=O) groups excluding carboxylic acids is 2. The van der Waals surface area contributed by atoms with Crippen molar-refractivity contribution in [1.29, 1.82) is 0 Å². The SMILES string of the molecule is CCOC(=O)C1CC[NH+](CC(=O)N[C@H]2CS(=O)(=O)C[C@@H]2Cl)CC1. The van der Waals surface area contributed by atoms with Crippen molar-refractivity contribution in [1.82, 2.24) is 5.32 Å². The van der Waals surface area contributed by atoms with Crippen LogP contribution in [0.25, 0.3) is 0 Å². The Labute approximate surface area is 141 Å². The van der Waals surface area contributed by atoms with Crippen molar-refractivity contribution >= 4 is 33.3 Å². The Morgan fingerprint density at radius 2 is 1.91 bits per heavy atom. The maximum absolute atomic E-state index is 12.1. The molecule has 7 nitrogen and oxygen atoms in total. The lowest BCUT2D eigenvalue weighted by Crippen LogP contribution is -3.14. The Morgan fingerprint density at radius 1 is 1.26 bits per heavy atom. The molecule has 0 spiro atoms. The van der Waals surface area contributed by atoms with Gasteiger partial charge in [0.25, 0.3) is 5.91 Å². The van der Waals surface area contributed by atoms with Crippen LogP contribution < -0.4 is 10.2 Å². The topological polar surface area (TPSA) is 94.0 Å². The molecule has 23 heavy (non-hydrogen) atoms. The first-order chi connectivity index (χ1) is 10.8. The number of ether oxygens (including phenoxy) is 1. The summed E-state index contributed by atoms with van der Waals surface area (Å²) in [5.41, 5.74) is 0. The van der Waals surface area contributed by atoms with E-state index >= 15 is 0 Å². The van der Waals surface area contributed by atoms with E-state index in [1.54, 1.807) is 6.92 Å². The number of amides is 1. The largest absolute Gasteiger partial charge is 0.466 e. The highest BCUT2D eigenvalue weighted by Gasteiger charge is 2.38. The number of hydrogen-bond donors (Lipinski definition) is 2. The van der Waals surface area contributed by atoms with Gasteiger partial charge in [0.15, 0.2) is 16.4 Å². The standard InChI is InChI=1S/C14H23ClN2O5S/c1-2-22-14(19)10-3-5-17(6-4-10)7-13(18)16-12-9-23(20,21)8-11(12)15/h10-12H,2-9H2,1H3,(H,16,18)/p+1/t11-,12-/m0/s1. The zero-order chi connectivity index (χ0) is 17.0. The summed E-state index contributed by atoms with van der Waals surface area (Å²) in [6.07, 6.45) is 1.41. The smallest absolute Gasteiger partial charge is 0.309 e. The molecule has 132 valence electrons. The normalized spacial score (nSPS) is 33.1. The molecule has 1 amide bonds. The Balaban J connectivity index is 1.74. The van der Waals surface area contributed by atoms with Gasteiger partial charge in [-0.1, -0.05) is 0 Å². The molecule has 0 aliphatic carbocycles. The average molecular weight is 368 g/mol. The molecular weight excluding hydrogens is 344 g/mol. The van der Waals surface area contributed by atoms with Gasteiger partial charge in [0.05, 0.1) is 48.5 Å². The minimum Gasteiger partial charge on any atom is -0.466 e. The highest BCUT2D eigenvalue weighted by Crippen LogP contribution is 2.17. The fourth-order valence-electron chi connectivity index (χ4n) is 3.12. The minimum atomic E-state index is -3.15. The van der Waals surface area contributed by atoms with E-state index in [1.807, 2.05) is 0 Å². The summed E-state index contributed by atoms with van der Waals surface area (Å²) in [6, 6.07) is -0.509. The number of alkyl halides is 1. The molecule has 2 fully saturated rings. The molecule has 2 saturated heterocycles.